The van der Waals surface area contributed by atoms with E-state index < -0.39 is 0 Å². The van der Waals surface area contributed by atoms with Crippen LogP contribution < -0.4 is 0 Å². The number of benzene rings is 1. The van der Waals surface area contributed by atoms with Crippen molar-refractivity contribution in [3.05, 3.63) is 35.3 Å². The first-order chi connectivity index (χ1) is 12.6. The number of aromatic amines is 1. The van der Waals surface area contributed by atoms with Gasteiger partial charge < -0.3 is 5.11 Å². The topological polar surface area (TPSA) is 90.8 Å². The van der Waals surface area contributed by atoms with Gasteiger partial charge in [0.2, 0.25) is 5.82 Å². The Morgan fingerprint density at radius 1 is 1.15 bits per heavy atom. The fourth-order valence-corrected chi connectivity index (χ4v) is 4.46. The molecule has 2 N–H and O–H groups in total. The second-order valence-corrected chi connectivity index (χ2v) is 7.81. The van der Waals surface area contributed by atoms with Crippen molar-refractivity contribution in [2.24, 2.45) is 0 Å². The molecular weight excluding hydrogens is 348 g/mol. The van der Waals surface area contributed by atoms with Crippen LogP contribution in [-0.4, -0.2) is 53.8 Å². The predicted octanol–water partition coefficient (Wildman–Crippen LogP) is 2.72. The fourth-order valence-electron chi connectivity index (χ4n) is 3.65. The molecule has 3 atom stereocenters. The van der Waals surface area contributed by atoms with Crippen molar-refractivity contribution >= 4 is 11.3 Å². The molecule has 7 nitrogen and oxygen atoms in total. The number of hydrogen-bond donors (Lipinski definition) is 2. The van der Waals surface area contributed by atoms with Gasteiger partial charge in [0.1, 0.15) is 5.01 Å². The average Bonchev–Trinajstić information content (AvgIpc) is 3.30. The van der Waals surface area contributed by atoms with Crippen LogP contribution in [0, 0.1) is 0 Å². The molecule has 1 unspecified atom stereocenters. The first-order valence-corrected chi connectivity index (χ1v) is 9.70. The molecule has 26 heavy (non-hydrogen) atoms. The highest BCUT2D eigenvalue weighted by molar-refractivity contribution is 7.13. The van der Waals surface area contributed by atoms with Gasteiger partial charge in [0.25, 0.3) is 0 Å². The first-order valence-electron chi connectivity index (χ1n) is 8.82. The minimum absolute atomic E-state index is 0.181. The Hall–Kier alpha value is -2.16. The molecule has 8 heteroatoms. The Kier molecular flexibility index (Phi) is 4.80. The number of H-pyrrole nitrogens is 1. The van der Waals surface area contributed by atoms with Crippen molar-refractivity contribution < 1.29 is 5.11 Å². The van der Waals surface area contributed by atoms with Crippen LogP contribution in [0.1, 0.15) is 32.4 Å². The number of rotatable bonds is 4. The quantitative estimate of drug-likeness (QED) is 0.734. The van der Waals surface area contributed by atoms with Crippen molar-refractivity contribution in [1.82, 2.24) is 30.5 Å². The van der Waals surface area contributed by atoms with Gasteiger partial charge in [-0.2, -0.15) is 5.21 Å². The summed E-state index contributed by atoms with van der Waals surface area (Å²) in [6.07, 6.45) is 1.48. The normalized spacial score (nSPS) is 24.0. The van der Waals surface area contributed by atoms with Crippen LogP contribution in [0.5, 0.6) is 0 Å². The van der Waals surface area contributed by atoms with E-state index in [-0.39, 0.29) is 6.10 Å². The summed E-state index contributed by atoms with van der Waals surface area (Å²) >= 11 is 1.66. The zero-order valence-corrected chi connectivity index (χ0v) is 15.6. The maximum Gasteiger partial charge on any atom is 0.204 e. The lowest BCUT2D eigenvalue weighted by atomic mass is 9.95. The van der Waals surface area contributed by atoms with Gasteiger partial charge in [-0.1, -0.05) is 24.3 Å². The highest BCUT2D eigenvalue weighted by Crippen LogP contribution is 2.29. The molecule has 0 saturated carbocycles. The molecule has 0 spiro atoms. The minimum atomic E-state index is -0.181. The first kappa shape index (κ1) is 17.3. The maximum atomic E-state index is 9.92. The number of piperidine rings is 1. The number of aliphatic hydroxyl groups is 1. The number of nitrogens with one attached hydrogen (secondary N) is 1. The molecule has 4 rings (SSSR count). The largest absolute Gasteiger partial charge is 0.393 e. The molecule has 2 aromatic heterocycles. The van der Waals surface area contributed by atoms with E-state index in [2.05, 4.69) is 44.8 Å². The van der Waals surface area contributed by atoms with E-state index in [4.69, 9.17) is 4.98 Å². The van der Waals surface area contributed by atoms with E-state index in [0.717, 1.165) is 41.2 Å². The third-order valence-electron chi connectivity index (χ3n) is 4.99. The van der Waals surface area contributed by atoms with Gasteiger partial charge in [-0.25, -0.2) is 4.98 Å². The molecule has 1 aromatic carbocycles. The van der Waals surface area contributed by atoms with Crippen molar-refractivity contribution in [2.45, 2.75) is 51.4 Å². The molecule has 0 aliphatic carbocycles. The van der Waals surface area contributed by atoms with Crippen LogP contribution in [0.25, 0.3) is 22.0 Å². The third kappa shape index (κ3) is 3.53. The summed E-state index contributed by atoms with van der Waals surface area (Å²) in [6.45, 7) is 5.19. The van der Waals surface area contributed by atoms with Crippen LogP contribution in [0.3, 0.4) is 0 Å². The third-order valence-corrected chi connectivity index (χ3v) is 5.93. The smallest absolute Gasteiger partial charge is 0.204 e. The van der Waals surface area contributed by atoms with Crippen LogP contribution in [0.2, 0.25) is 0 Å². The van der Waals surface area contributed by atoms with Gasteiger partial charge in [-0.15, -0.1) is 21.5 Å². The van der Waals surface area contributed by atoms with E-state index in [9.17, 15) is 5.11 Å². The standard InChI is InChI=1S/C18H22N6OS/c1-11-7-16(25)8-12(2)24(11)9-15-10-26-18(19-15)14-5-3-13(4-6-14)17-20-22-23-21-17/h3-6,10-12,16,25H,7-9H2,1-2H3,(H,20,21,22,23)/t11-,12+,16?. The number of likely N-dealkylation sites (tertiary alicyclic amines) is 1. The van der Waals surface area contributed by atoms with E-state index in [1.54, 1.807) is 11.3 Å². The average molecular weight is 370 g/mol. The molecule has 0 bridgehead atoms. The molecule has 1 aliphatic rings. The number of hydrogen-bond acceptors (Lipinski definition) is 7. The summed E-state index contributed by atoms with van der Waals surface area (Å²) in [5.74, 6) is 0.589. The van der Waals surface area contributed by atoms with Gasteiger partial charge in [-0.3, -0.25) is 4.90 Å². The number of tetrazole rings is 1. The number of aliphatic hydroxyl groups excluding tert-OH is 1. The number of thiazole rings is 1. The molecule has 136 valence electrons. The second-order valence-electron chi connectivity index (χ2n) is 6.95. The molecule has 1 fully saturated rings. The van der Waals surface area contributed by atoms with Crippen LogP contribution in [-0.2, 0) is 6.54 Å². The molecule has 0 amide bonds. The van der Waals surface area contributed by atoms with Crippen LogP contribution >= 0.6 is 11.3 Å². The summed E-state index contributed by atoms with van der Waals surface area (Å²) in [7, 11) is 0. The Labute approximate surface area is 156 Å². The minimum Gasteiger partial charge on any atom is -0.393 e. The van der Waals surface area contributed by atoms with Crippen molar-refractivity contribution in [1.29, 1.82) is 0 Å². The summed E-state index contributed by atoms with van der Waals surface area (Å²) in [6, 6.07) is 8.78. The lowest BCUT2D eigenvalue weighted by Crippen LogP contribution is -2.47. The molecule has 1 saturated heterocycles. The van der Waals surface area contributed by atoms with Crippen molar-refractivity contribution in [3.8, 4) is 22.0 Å². The fraction of sp³-hybridized carbons (Fsp3) is 0.444. The zero-order valence-electron chi connectivity index (χ0n) is 14.8. The lowest BCUT2D eigenvalue weighted by Gasteiger charge is -2.40. The van der Waals surface area contributed by atoms with Crippen LogP contribution in [0.4, 0.5) is 0 Å². The van der Waals surface area contributed by atoms with Gasteiger partial charge in [0.05, 0.1) is 11.8 Å². The summed E-state index contributed by atoms with van der Waals surface area (Å²) in [5.41, 5.74) is 3.10. The maximum absolute atomic E-state index is 9.92. The molecule has 1 aliphatic heterocycles. The summed E-state index contributed by atoms with van der Waals surface area (Å²) in [4.78, 5) is 7.25. The Morgan fingerprint density at radius 2 is 1.85 bits per heavy atom. The van der Waals surface area contributed by atoms with Gasteiger partial charge >= 0.3 is 0 Å². The van der Waals surface area contributed by atoms with E-state index >= 15 is 0 Å². The number of aromatic nitrogens is 5. The monoisotopic (exact) mass is 370 g/mol. The van der Waals surface area contributed by atoms with E-state index in [1.165, 1.54) is 0 Å². The SMILES string of the molecule is C[C@@H]1CC(O)C[C@H](C)N1Cc1csc(-c2ccc(-c3nn[nH]n3)cc2)n1. The highest BCUT2D eigenvalue weighted by Gasteiger charge is 2.30. The van der Waals surface area contributed by atoms with Crippen LogP contribution in [0.15, 0.2) is 29.6 Å². The summed E-state index contributed by atoms with van der Waals surface area (Å²) in [5, 5.41) is 27.1. The number of nitrogens with zero attached hydrogens (tertiary/aromatic N) is 5. The molecule has 3 heterocycles. The molecule has 0 radical (unpaired) electrons. The molecular formula is C18H22N6OS. The van der Waals surface area contributed by atoms with E-state index in [0.29, 0.717) is 17.9 Å². The Balaban J connectivity index is 1.48. The molecule has 3 aromatic rings. The summed E-state index contributed by atoms with van der Waals surface area (Å²) < 4.78 is 0. The predicted molar refractivity (Wildman–Crippen MR) is 100 cm³/mol. The lowest BCUT2D eigenvalue weighted by molar-refractivity contribution is 0.00807. The van der Waals surface area contributed by atoms with Gasteiger partial charge in [-0.05, 0) is 31.9 Å². The van der Waals surface area contributed by atoms with Crippen molar-refractivity contribution in [2.75, 3.05) is 0 Å². The Bertz CT molecular complexity index is 835. The second kappa shape index (κ2) is 7.22. The van der Waals surface area contributed by atoms with E-state index in [1.807, 2.05) is 24.3 Å². The highest BCUT2D eigenvalue weighted by atomic mass is 32.1. The van der Waals surface area contributed by atoms with Gasteiger partial charge in [0.15, 0.2) is 0 Å². The van der Waals surface area contributed by atoms with Gasteiger partial charge in [0, 0.05) is 35.1 Å². The zero-order chi connectivity index (χ0) is 18.1. The van der Waals surface area contributed by atoms with Crippen molar-refractivity contribution in [3.63, 3.8) is 0 Å². The Morgan fingerprint density at radius 3 is 2.50 bits per heavy atom.